The van der Waals surface area contributed by atoms with Crippen molar-refractivity contribution >= 4 is 5.97 Å². The van der Waals surface area contributed by atoms with E-state index in [1.165, 1.54) is 6.07 Å². The average molecular weight is 453 g/mol. The number of halogens is 2. The first-order chi connectivity index (χ1) is 15.8. The quantitative estimate of drug-likeness (QED) is 0.487. The number of carboxylic acid groups (broad SMARTS) is 1. The number of benzene rings is 2. The number of ether oxygens (including phenoxy) is 2. The van der Waals surface area contributed by atoms with Gasteiger partial charge in [0.15, 0.2) is 17.7 Å². The smallest absolute Gasteiger partial charge is 0.344 e. The number of carbonyl (C=O) groups is 1. The van der Waals surface area contributed by atoms with E-state index in [1.54, 1.807) is 19.1 Å². The van der Waals surface area contributed by atoms with Gasteiger partial charge in [0.25, 0.3) is 11.8 Å². The lowest BCUT2D eigenvalue weighted by molar-refractivity contribution is -0.145. The summed E-state index contributed by atoms with van der Waals surface area (Å²) in [7, 11) is 0. The summed E-state index contributed by atoms with van der Waals surface area (Å²) >= 11 is 0. The molecule has 7 nitrogen and oxygen atoms in total. The molecule has 0 aliphatic heterocycles. The number of carboxylic acids is 1. The Hall–Kier alpha value is -4.03. The van der Waals surface area contributed by atoms with Gasteiger partial charge in [-0.15, -0.1) is 0 Å². The van der Waals surface area contributed by atoms with E-state index in [-0.39, 0.29) is 18.6 Å². The maximum absolute atomic E-state index is 14.4. The van der Waals surface area contributed by atoms with E-state index in [0.717, 1.165) is 11.1 Å². The summed E-state index contributed by atoms with van der Waals surface area (Å²) in [6.07, 6.45) is -1.23. The van der Waals surface area contributed by atoms with Crippen LogP contribution in [0.2, 0.25) is 0 Å². The van der Waals surface area contributed by atoms with Crippen molar-refractivity contribution < 1.29 is 28.2 Å². The van der Waals surface area contributed by atoms with E-state index >= 15 is 0 Å². The van der Waals surface area contributed by atoms with Crippen molar-refractivity contribution in [3.63, 3.8) is 0 Å². The summed E-state index contributed by atoms with van der Waals surface area (Å²) in [6, 6.07) is 15.0. The SMILES string of the molecule is CC[C@@H](Oc1nc(Oc2cc(CC#N)cc(-c3cccc(CN)c3)c2)c(F)cc1F)C(=O)O. The van der Waals surface area contributed by atoms with E-state index in [4.69, 9.17) is 25.6 Å². The zero-order valence-electron chi connectivity index (χ0n) is 17.7. The van der Waals surface area contributed by atoms with Crippen LogP contribution in [0, 0.1) is 23.0 Å². The molecule has 3 aromatic rings. The fourth-order valence-electron chi connectivity index (χ4n) is 3.10. The number of pyridine rings is 1. The standard InChI is InChI=1S/C24H21F2N3O4/c1-2-21(24(30)31)33-23-20(26)12-19(25)22(29-23)32-18-10-14(6-7-27)8-17(11-18)16-5-3-4-15(9-16)13-28/h3-5,8-12,21H,2,6,13,28H2,1H3,(H,30,31)/t21-/m1/s1. The van der Waals surface area contributed by atoms with Crippen LogP contribution in [0.15, 0.2) is 48.5 Å². The van der Waals surface area contributed by atoms with Crippen LogP contribution in [0.4, 0.5) is 8.78 Å². The van der Waals surface area contributed by atoms with Crippen LogP contribution in [-0.2, 0) is 17.8 Å². The lowest BCUT2D eigenvalue weighted by atomic mass is 9.99. The second-order valence-corrected chi connectivity index (χ2v) is 7.12. The minimum atomic E-state index is -1.36. The van der Waals surface area contributed by atoms with Crippen LogP contribution >= 0.6 is 0 Å². The number of hydrogen-bond donors (Lipinski definition) is 2. The van der Waals surface area contributed by atoms with Crippen LogP contribution in [-0.4, -0.2) is 22.2 Å². The molecule has 3 N–H and O–H groups in total. The van der Waals surface area contributed by atoms with E-state index in [2.05, 4.69) is 11.1 Å². The van der Waals surface area contributed by atoms with Gasteiger partial charge in [-0.3, -0.25) is 0 Å². The molecule has 0 amide bonds. The number of aliphatic carboxylic acids is 1. The monoisotopic (exact) mass is 453 g/mol. The molecule has 0 aliphatic carbocycles. The summed E-state index contributed by atoms with van der Waals surface area (Å²) in [5.74, 6) is -4.69. The van der Waals surface area contributed by atoms with E-state index in [0.29, 0.717) is 23.7 Å². The number of aromatic nitrogens is 1. The Morgan fingerprint density at radius 2 is 1.85 bits per heavy atom. The van der Waals surface area contributed by atoms with Gasteiger partial charge < -0.3 is 20.3 Å². The summed E-state index contributed by atoms with van der Waals surface area (Å²) in [5.41, 5.74) is 8.74. The minimum Gasteiger partial charge on any atom is -0.479 e. The van der Waals surface area contributed by atoms with Gasteiger partial charge in [-0.2, -0.15) is 10.2 Å². The highest BCUT2D eigenvalue weighted by Gasteiger charge is 2.22. The zero-order valence-corrected chi connectivity index (χ0v) is 17.7. The van der Waals surface area contributed by atoms with Gasteiger partial charge in [0.05, 0.1) is 12.5 Å². The van der Waals surface area contributed by atoms with Gasteiger partial charge in [-0.1, -0.05) is 25.1 Å². The highest BCUT2D eigenvalue weighted by Crippen LogP contribution is 2.32. The molecular formula is C24H21F2N3O4. The third-order valence-electron chi connectivity index (χ3n) is 4.73. The fourth-order valence-corrected chi connectivity index (χ4v) is 3.10. The predicted octanol–water partition coefficient (Wildman–Crippen LogP) is 4.59. The normalized spacial score (nSPS) is 11.5. The highest BCUT2D eigenvalue weighted by atomic mass is 19.1. The van der Waals surface area contributed by atoms with Crippen LogP contribution in [0.3, 0.4) is 0 Å². The fraction of sp³-hybridized carbons (Fsp3) is 0.208. The maximum atomic E-state index is 14.4. The predicted molar refractivity (Wildman–Crippen MR) is 116 cm³/mol. The van der Waals surface area contributed by atoms with Crippen LogP contribution in [0.1, 0.15) is 24.5 Å². The summed E-state index contributed by atoms with van der Waals surface area (Å²) in [5, 5.41) is 18.2. The molecule has 1 aromatic heterocycles. The maximum Gasteiger partial charge on any atom is 0.344 e. The average Bonchev–Trinajstić information content (AvgIpc) is 2.80. The second-order valence-electron chi connectivity index (χ2n) is 7.12. The Kier molecular flexibility index (Phi) is 7.53. The molecular weight excluding hydrogens is 432 g/mol. The molecule has 33 heavy (non-hydrogen) atoms. The molecule has 2 aromatic carbocycles. The van der Waals surface area contributed by atoms with Crippen LogP contribution in [0.5, 0.6) is 17.5 Å². The Labute approximate surface area is 189 Å². The molecule has 9 heteroatoms. The van der Waals surface area contributed by atoms with Crippen LogP contribution < -0.4 is 15.2 Å². The van der Waals surface area contributed by atoms with Crippen molar-refractivity contribution in [2.24, 2.45) is 5.73 Å². The van der Waals surface area contributed by atoms with E-state index < -0.39 is 35.5 Å². The van der Waals surface area contributed by atoms with E-state index in [1.807, 2.05) is 24.3 Å². The van der Waals surface area contributed by atoms with Gasteiger partial charge >= 0.3 is 5.97 Å². The first-order valence-electron chi connectivity index (χ1n) is 10.1. The van der Waals surface area contributed by atoms with Crippen molar-refractivity contribution in [3.05, 3.63) is 71.3 Å². The second kappa shape index (κ2) is 10.5. The third-order valence-corrected chi connectivity index (χ3v) is 4.73. The highest BCUT2D eigenvalue weighted by molar-refractivity contribution is 5.72. The lowest BCUT2D eigenvalue weighted by Gasteiger charge is -2.15. The van der Waals surface area contributed by atoms with Crippen molar-refractivity contribution in [2.45, 2.75) is 32.4 Å². The first kappa shape index (κ1) is 23.6. The molecule has 1 heterocycles. The van der Waals surface area contributed by atoms with Gasteiger partial charge in [0.1, 0.15) is 5.75 Å². The minimum absolute atomic E-state index is 0.0471. The summed E-state index contributed by atoms with van der Waals surface area (Å²) in [4.78, 5) is 14.9. The van der Waals surface area contributed by atoms with Gasteiger partial charge in [-0.25, -0.2) is 13.6 Å². The van der Waals surface area contributed by atoms with Crippen molar-refractivity contribution in [1.82, 2.24) is 4.98 Å². The Bertz CT molecular complexity index is 1210. The molecule has 0 saturated heterocycles. The topological polar surface area (TPSA) is 118 Å². The molecule has 170 valence electrons. The Morgan fingerprint density at radius 3 is 2.52 bits per heavy atom. The number of rotatable bonds is 9. The summed E-state index contributed by atoms with van der Waals surface area (Å²) in [6.45, 7) is 1.89. The molecule has 0 fully saturated rings. The number of nitriles is 1. The number of hydrogen-bond acceptors (Lipinski definition) is 6. The van der Waals surface area contributed by atoms with Crippen molar-refractivity contribution in [3.8, 4) is 34.7 Å². The molecule has 0 unspecified atom stereocenters. The first-order valence-corrected chi connectivity index (χ1v) is 10.1. The van der Waals surface area contributed by atoms with E-state index in [9.17, 15) is 13.6 Å². The zero-order chi connectivity index (χ0) is 24.0. The third kappa shape index (κ3) is 5.81. The molecule has 1 atom stereocenters. The summed E-state index contributed by atoms with van der Waals surface area (Å²) < 4.78 is 39.2. The number of nitrogens with two attached hydrogens (primary N) is 1. The Morgan fingerprint density at radius 1 is 1.12 bits per heavy atom. The van der Waals surface area contributed by atoms with Gasteiger partial charge in [0, 0.05) is 12.6 Å². The molecule has 0 radical (unpaired) electrons. The van der Waals surface area contributed by atoms with Crippen LogP contribution in [0.25, 0.3) is 11.1 Å². The lowest BCUT2D eigenvalue weighted by Crippen LogP contribution is -2.26. The largest absolute Gasteiger partial charge is 0.479 e. The van der Waals surface area contributed by atoms with Crippen molar-refractivity contribution in [2.75, 3.05) is 0 Å². The van der Waals surface area contributed by atoms with Crippen molar-refractivity contribution in [1.29, 1.82) is 5.26 Å². The molecule has 0 aliphatic rings. The Balaban J connectivity index is 2.00. The van der Waals surface area contributed by atoms with Gasteiger partial charge in [-0.05, 0) is 52.9 Å². The molecule has 3 rings (SSSR count). The van der Waals surface area contributed by atoms with Gasteiger partial charge in [0.2, 0.25) is 0 Å². The number of nitrogens with zero attached hydrogens (tertiary/aromatic N) is 2. The molecule has 0 saturated carbocycles. The molecule has 0 spiro atoms. The molecule has 0 bridgehead atoms.